The van der Waals surface area contributed by atoms with Crippen LogP contribution < -0.4 is 9.62 Å². The fourth-order valence-electron chi connectivity index (χ4n) is 3.89. The maximum Gasteiger partial charge on any atom is 0.264 e. The molecule has 0 unspecified atom stereocenters. The second kappa shape index (κ2) is 12.7. The highest BCUT2D eigenvalue weighted by atomic mass is 32.2. The molecule has 2 amide bonds. The molecule has 38 heavy (non-hydrogen) atoms. The highest BCUT2D eigenvalue weighted by Gasteiger charge is 2.32. The van der Waals surface area contributed by atoms with E-state index in [1.165, 1.54) is 41.3 Å². The molecule has 9 heteroatoms. The molecule has 0 fully saturated rings. The largest absolute Gasteiger partial charge is 0.354 e. The summed E-state index contributed by atoms with van der Waals surface area (Å²) < 4.78 is 42.1. The van der Waals surface area contributed by atoms with E-state index in [0.29, 0.717) is 17.8 Å². The number of hydrogen-bond donors (Lipinski definition) is 1. The van der Waals surface area contributed by atoms with Gasteiger partial charge >= 0.3 is 0 Å². The predicted octanol–water partition coefficient (Wildman–Crippen LogP) is 4.58. The van der Waals surface area contributed by atoms with Crippen molar-refractivity contribution in [2.24, 2.45) is 0 Å². The molecule has 1 atom stereocenters. The van der Waals surface area contributed by atoms with Crippen molar-refractivity contribution in [3.05, 3.63) is 95.3 Å². The Morgan fingerprint density at radius 3 is 2.21 bits per heavy atom. The number of amides is 2. The van der Waals surface area contributed by atoms with E-state index in [0.717, 1.165) is 21.9 Å². The Morgan fingerprint density at radius 1 is 0.947 bits per heavy atom. The number of halogens is 1. The van der Waals surface area contributed by atoms with Gasteiger partial charge in [-0.2, -0.15) is 0 Å². The molecule has 0 bridgehead atoms. The number of carbonyl (C=O) groups is 2. The average Bonchev–Trinajstić information content (AvgIpc) is 2.91. The Labute approximate surface area is 224 Å². The minimum absolute atomic E-state index is 0.00593. The summed E-state index contributed by atoms with van der Waals surface area (Å²) in [6, 6.07) is 17.8. The summed E-state index contributed by atoms with van der Waals surface area (Å²) >= 11 is 0. The second-order valence-electron chi connectivity index (χ2n) is 9.21. The summed E-state index contributed by atoms with van der Waals surface area (Å²) in [5, 5.41) is 2.79. The van der Waals surface area contributed by atoms with Crippen LogP contribution in [0.25, 0.3) is 0 Å². The lowest BCUT2D eigenvalue weighted by Gasteiger charge is -2.32. The fraction of sp³-hybridized carbons (Fsp3) is 0.310. The first-order chi connectivity index (χ1) is 18.0. The van der Waals surface area contributed by atoms with Crippen LogP contribution in [0, 0.1) is 19.7 Å². The molecule has 1 N–H and O–H groups in total. The van der Waals surface area contributed by atoms with Gasteiger partial charge in [-0.3, -0.25) is 13.9 Å². The van der Waals surface area contributed by atoms with Crippen LogP contribution >= 0.6 is 0 Å². The summed E-state index contributed by atoms with van der Waals surface area (Å²) in [5.41, 5.74) is 2.81. The van der Waals surface area contributed by atoms with Crippen molar-refractivity contribution >= 4 is 27.5 Å². The lowest BCUT2D eigenvalue weighted by molar-refractivity contribution is -0.139. The van der Waals surface area contributed by atoms with Gasteiger partial charge in [0.2, 0.25) is 11.8 Å². The van der Waals surface area contributed by atoms with Gasteiger partial charge in [-0.25, -0.2) is 12.8 Å². The third-order valence-electron chi connectivity index (χ3n) is 6.37. The molecule has 0 aromatic heterocycles. The summed E-state index contributed by atoms with van der Waals surface area (Å²) in [7, 11) is -4.12. The van der Waals surface area contributed by atoms with E-state index >= 15 is 0 Å². The number of benzene rings is 3. The van der Waals surface area contributed by atoms with Crippen LogP contribution in [0.5, 0.6) is 0 Å². The molecule has 0 radical (unpaired) electrons. The molecule has 3 rings (SSSR count). The van der Waals surface area contributed by atoms with Gasteiger partial charge < -0.3 is 10.2 Å². The standard InChI is InChI=1S/C29H34FN3O4S/c1-5-17-31-29(35)23(4)32(19-24-12-14-25(30)15-13-24)28(34)20-33(26-16-11-21(2)22(3)18-26)38(36,37)27-9-7-6-8-10-27/h6-16,18,23H,5,17,19-20H2,1-4H3,(H,31,35)/t23-/m0/s1. The quantitative estimate of drug-likeness (QED) is 0.387. The number of rotatable bonds is 11. The van der Waals surface area contributed by atoms with Gasteiger partial charge in [0, 0.05) is 13.1 Å². The van der Waals surface area contributed by atoms with Crippen LogP contribution in [0.3, 0.4) is 0 Å². The Bertz CT molecular complexity index is 1360. The van der Waals surface area contributed by atoms with E-state index < -0.39 is 34.3 Å². The van der Waals surface area contributed by atoms with Crippen molar-refractivity contribution in [2.45, 2.75) is 51.6 Å². The molecule has 0 heterocycles. The highest BCUT2D eigenvalue weighted by molar-refractivity contribution is 7.92. The molecule has 202 valence electrons. The molecule has 0 saturated carbocycles. The normalized spacial score (nSPS) is 12.0. The van der Waals surface area contributed by atoms with Gasteiger partial charge in [0.05, 0.1) is 10.6 Å². The topological polar surface area (TPSA) is 86.8 Å². The maximum atomic E-state index is 13.8. The zero-order valence-corrected chi connectivity index (χ0v) is 23.0. The molecule has 0 aliphatic carbocycles. The minimum atomic E-state index is -4.12. The predicted molar refractivity (Wildman–Crippen MR) is 147 cm³/mol. The SMILES string of the molecule is CCCNC(=O)[C@H](C)N(Cc1ccc(F)cc1)C(=O)CN(c1ccc(C)c(C)c1)S(=O)(=O)c1ccccc1. The molecule has 0 aliphatic rings. The minimum Gasteiger partial charge on any atom is -0.354 e. The molecule has 3 aromatic rings. The monoisotopic (exact) mass is 539 g/mol. The Morgan fingerprint density at radius 2 is 1.61 bits per heavy atom. The molecule has 0 aliphatic heterocycles. The van der Waals surface area contributed by atoms with Crippen LogP contribution in [0.15, 0.2) is 77.7 Å². The van der Waals surface area contributed by atoms with Gasteiger partial charge in [-0.15, -0.1) is 0 Å². The number of aryl methyl sites for hydroxylation is 2. The first kappa shape index (κ1) is 28.8. The van der Waals surface area contributed by atoms with Crippen LogP contribution in [-0.2, 0) is 26.2 Å². The summed E-state index contributed by atoms with van der Waals surface area (Å²) in [6.07, 6.45) is 0.722. The van der Waals surface area contributed by atoms with Crippen molar-refractivity contribution in [1.29, 1.82) is 0 Å². The number of hydrogen-bond acceptors (Lipinski definition) is 4. The number of carbonyl (C=O) groups excluding carboxylic acids is 2. The van der Waals surface area contributed by atoms with Gasteiger partial charge in [-0.05, 0) is 80.3 Å². The second-order valence-corrected chi connectivity index (χ2v) is 11.1. The number of sulfonamides is 1. The van der Waals surface area contributed by atoms with Crippen molar-refractivity contribution in [3.8, 4) is 0 Å². The van der Waals surface area contributed by atoms with E-state index in [4.69, 9.17) is 0 Å². The number of nitrogens with zero attached hydrogens (tertiary/aromatic N) is 2. The van der Waals surface area contributed by atoms with E-state index in [1.807, 2.05) is 20.8 Å². The third-order valence-corrected chi connectivity index (χ3v) is 8.16. The first-order valence-electron chi connectivity index (χ1n) is 12.5. The van der Waals surface area contributed by atoms with E-state index in [2.05, 4.69) is 5.32 Å². The maximum absolute atomic E-state index is 13.8. The van der Waals surface area contributed by atoms with Crippen LogP contribution in [0.4, 0.5) is 10.1 Å². The number of anilines is 1. The molecule has 0 spiro atoms. The van der Waals surface area contributed by atoms with Crippen molar-refractivity contribution < 1.29 is 22.4 Å². The van der Waals surface area contributed by atoms with E-state index in [1.54, 1.807) is 43.3 Å². The third kappa shape index (κ3) is 6.98. The van der Waals surface area contributed by atoms with Gasteiger partial charge in [-0.1, -0.05) is 43.3 Å². The first-order valence-corrected chi connectivity index (χ1v) is 13.9. The van der Waals surface area contributed by atoms with Crippen LogP contribution in [0.1, 0.15) is 37.0 Å². The van der Waals surface area contributed by atoms with Gasteiger partial charge in [0.1, 0.15) is 18.4 Å². The van der Waals surface area contributed by atoms with Gasteiger partial charge in [0.25, 0.3) is 10.0 Å². The van der Waals surface area contributed by atoms with Crippen molar-refractivity contribution in [2.75, 3.05) is 17.4 Å². The Balaban J connectivity index is 2.02. The van der Waals surface area contributed by atoms with Crippen LogP contribution in [-0.4, -0.2) is 44.3 Å². The van der Waals surface area contributed by atoms with Crippen molar-refractivity contribution in [1.82, 2.24) is 10.2 Å². The van der Waals surface area contributed by atoms with Gasteiger partial charge in [0.15, 0.2) is 0 Å². The molecular weight excluding hydrogens is 505 g/mol. The summed E-state index contributed by atoms with van der Waals surface area (Å²) in [5.74, 6) is -1.34. The Hall–Kier alpha value is -3.72. The molecule has 7 nitrogen and oxygen atoms in total. The highest BCUT2D eigenvalue weighted by Crippen LogP contribution is 2.26. The lowest BCUT2D eigenvalue weighted by Crippen LogP contribution is -2.51. The van der Waals surface area contributed by atoms with Crippen molar-refractivity contribution in [3.63, 3.8) is 0 Å². The van der Waals surface area contributed by atoms with E-state index in [-0.39, 0.29) is 17.3 Å². The average molecular weight is 540 g/mol. The summed E-state index contributed by atoms with van der Waals surface area (Å²) in [4.78, 5) is 28.0. The lowest BCUT2D eigenvalue weighted by atomic mass is 10.1. The number of nitrogens with one attached hydrogen (secondary N) is 1. The smallest absolute Gasteiger partial charge is 0.264 e. The Kier molecular flexibility index (Phi) is 9.63. The zero-order valence-electron chi connectivity index (χ0n) is 22.1. The molecule has 3 aromatic carbocycles. The zero-order chi connectivity index (χ0) is 27.9. The van der Waals surface area contributed by atoms with E-state index in [9.17, 15) is 22.4 Å². The molecule has 0 saturated heterocycles. The summed E-state index contributed by atoms with van der Waals surface area (Å²) in [6.45, 7) is 7.23. The fourth-order valence-corrected chi connectivity index (χ4v) is 5.32. The van der Waals surface area contributed by atoms with Crippen LogP contribution in [0.2, 0.25) is 0 Å². The molecular formula is C29H34FN3O4S.